The molecule has 0 atom stereocenters. The highest BCUT2D eigenvalue weighted by Gasteiger charge is 2.12. The van der Waals surface area contributed by atoms with Crippen molar-refractivity contribution in [3.63, 3.8) is 0 Å². The molecule has 0 radical (unpaired) electrons. The molecule has 0 spiro atoms. The molecule has 0 saturated carbocycles. The monoisotopic (exact) mass is 268 g/mol. The molecule has 0 aliphatic carbocycles. The van der Waals surface area contributed by atoms with Crippen LogP contribution >= 0.6 is 11.3 Å². The van der Waals surface area contributed by atoms with E-state index < -0.39 is 5.97 Å². The maximum Gasteiger partial charge on any atom is 0.303 e. The zero-order chi connectivity index (χ0) is 13.0. The predicted octanol–water partition coefficient (Wildman–Crippen LogP) is 1.27. The molecule has 1 N–H and O–H groups in total. The summed E-state index contributed by atoms with van der Waals surface area (Å²) < 4.78 is 6.71. The van der Waals surface area contributed by atoms with E-state index in [0.717, 1.165) is 10.6 Å². The van der Waals surface area contributed by atoms with E-state index in [1.54, 1.807) is 11.8 Å². The van der Waals surface area contributed by atoms with Crippen LogP contribution in [0.1, 0.15) is 12.8 Å². The molecule has 18 heavy (non-hydrogen) atoms. The summed E-state index contributed by atoms with van der Waals surface area (Å²) in [5.41, 5.74) is 0. The summed E-state index contributed by atoms with van der Waals surface area (Å²) in [6, 6.07) is 1.85. The van der Waals surface area contributed by atoms with Crippen molar-refractivity contribution in [1.29, 1.82) is 0 Å². The van der Waals surface area contributed by atoms with Crippen LogP contribution in [0.3, 0.4) is 0 Å². The molecule has 96 valence electrons. The number of tetrazole rings is 1. The number of carboxylic acid groups (broad SMARTS) is 1. The van der Waals surface area contributed by atoms with Gasteiger partial charge in [0.15, 0.2) is 5.82 Å². The van der Waals surface area contributed by atoms with Gasteiger partial charge in [-0.15, -0.1) is 16.4 Å². The lowest BCUT2D eigenvalue weighted by molar-refractivity contribution is -0.137. The number of carbonyl (C=O) groups is 1. The van der Waals surface area contributed by atoms with Crippen molar-refractivity contribution in [2.45, 2.75) is 19.4 Å². The number of hydrogen-bond acceptors (Lipinski definition) is 6. The van der Waals surface area contributed by atoms with Crippen molar-refractivity contribution in [1.82, 2.24) is 20.2 Å². The van der Waals surface area contributed by atoms with Crippen LogP contribution in [0.4, 0.5) is 0 Å². The SMILES string of the molecule is COc1csc(-c2nnnn2CCCC(=O)O)c1. The predicted molar refractivity (Wildman–Crippen MR) is 64.6 cm³/mol. The van der Waals surface area contributed by atoms with Crippen LogP contribution in [-0.2, 0) is 11.3 Å². The lowest BCUT2D eigenvalue weighted by atomic mass is 10.3. The summed E-state index contributed by atoms with van der Waals surface area (Å²) in [5, 5.41) is 21.9. The molecule has 0 aliphatic heterocycles. The Labute approximate surface area is 107 Å². The number of aryl methyl sites for hydroxylation is 1. The maximum absolute atomic E-state index is 10.4. The highest BCUT2D eigenvalue weighted by molar-refractivity contribution is 7.13. The minimum atomic E-state index is -0.817. The molecule has 2 aromatic rings. The van der Waals surface area contributed by atoms with Gasteiger partial charge in [-0.05, 0) is 16.8 Å². The van der Waals surface area contributed by atoms with Crippen LogP contribution in [0, 0.1) is 0 Å². The number of rotatable bonds is 6. The van der Waals surface area contributed by atoms with E-state index in [-0.39, 0.29) is 6.42 Å². The van der Waals surface area contributed by atoms with E-state index in [1.807, 2.05) is 11.4 Å². The molecule has 0 bridgehead atoms. The van der Waals surface area contributed by atoms with Crippen LogP contribution in [0.2, 0.25) is 0 Å². The Balaban J connectivity index is 2.09. The first kappa shape index (κ1) is 12.5. The zero-order valence-electron chi connectivity index (χ0n) is 9.74. The van der Waals surface area contributed by atoms with Gasteiger partial charge in [0, 0.05) is 24.4 Å². The Morgan fingerprint density at radius 2 is 2.44 bits per heavy atom. The number of carboxylic acids is 1. The van der Waals surface area contributed by atoms with E-state index in [1.165, 1.54) is 11.3 Å². The molecule has 8 heteroatoms. The number of ether oxygens (including phenoxy) is 1. The second-order valence-electron chi connectivity index (χ2n) is 3.57. The van der Waals surface area contributed by atoms with E-state index >= 15 is 0 Å². The third-order valence-electron chi connectivity index (χ3n) is 2.32. The molecule has 0 fully saturated rings. The summed E-state index contributed by atoms with van der Waals surface area (Å²) in [4.78, 5) is 11.3. The largest absolute Gasteiger partial charge is 0.496 e. The molecular formula is C10H12N4O3S. The van der Waals surface area contributed by atoms with Crippen LogP contribution in [0.25, 0.3) is 10.7 Å². The standard InChI is InChI=1S/C10H12N4O3S/c1-17-7-5-8(18-6-7)10-11-12-13-14(10)4-2-3-9(15)16/h5-6H,2-4H2,1H3,(H,15,16). The van der Waals surface area contributed by atoms with Crippen molar-refractivity contribution >= 4 is 17.3 Å². The first-order valence-electron chi connectivity index (χ1n) is 5.31. The summed E-state index contributed by atoms with van der Waals surface area (Å²) in [7, 11) is 1.60. The van der Waals surface area contributed by atoms with E-state index in [9.17, 15) is 4.79 Å². The molecule has 2 aromatic heterocycles. The summed E-state index contributed by atoms with van der Waals surface area (Å²) in [6.07, 6.45) is 0.600. The number of thiophene rings is 1. The Morgan fingerprint density at radius 1 is 1.61 bits per heavy atom. The van der Waals surface area contributed by atoms with Gasteiger partial charge in [0.2, 0.25) is 0 Å². The second-order valence-corrected chi connectivity index (χ2v) is 4.48. The third kappa shape index (κ3) is 2.83. The van der Waals surface area contributed by atoms with E-state index in [2.05, 4.69) is 15.5 Å². The number of hydrogen-bond donors (Lipinski definition) is 1. The number of nitrogens with zero attached hydrogens (tertiary/aromatic N) is 4. The molecule has 2 rings (SSSR count). The van der Waals surface area contributed by atoms with Gasteiger partial charge in [-0.25, -0.2) is 4.68 Å². The minimum absolute atomic E-state index is 0.104. The summed E-state index contributed by atoms with van der Waals surface area (Å²) in [6.45, 7) is 0.481. The Morgan fingerprint density at radius 3 is 3.11 bits per heavy atom. The van der Waals surface area contributed by atoms with Crippen LogP contribution in [-0.4, -0.2) is 38.4 Å². The third-order valence-corrected chi connectivity index (χ3v) is 3.23. The molecular weight excluding hydrogens is 256 g/mol. The van der Waals surface area contributed by atoms with Crippen LogP contribution in [0.15, 0.2) is 11.4 Å². The van der Waals surface area contributed by atoms with E-state index in [0.29, 0.717) is 18.8 Å². The lowest BCUT2D eigenvalue weighted by Gasteiger charge is -2.01. The van der Waals surface area contributed by atoms with Crippen molar-refractivity contribution in [2.24, 2.45) is 0 Å². The lowest BCUT2D eigenvalue weighted by Crippen LogP contribution is -2.05. The zero-order valence-corrected chi connectivity index (χ0v) is 10.6. The van der Waals surface area contributed by atoms with Crippen molar-refractivity contribution in [2.75, 3.05) is 7.11 Å². The number of aliphatic carboxylic acids is 1. The first-order valence-corrected chi connectivity index (χ1v) is 6.19. The van der Waals surface area contributed by atoms with Gasteiger partial charge in [0.25, 0.3) is 0 Å². The molecule has 0 unspecified atom stereocenters. The molecule has 0 aromatic carbocycles. The van der Waals surface area contributed by atoms with Gasteiger partial charge in [0.05, 0.1) is 12.0 Å². The van der Waals surface area contributed by atoms with Crippen LogP contribution in [0.5, 0.6) is 5.75 Å². The van der Waals surface area contributed by atoms with Gasteiger partial charge in [-0.2, -0.15) is 0 Å². The topological polar surface area (TPSA) is 90.1 Å². The highest BCUT2D eigenvalue weighted by Crippen LogP contribution is 2.29. The molecule has 0 saturated heterocycles. The maximum atomic E-state index is 10.4. The Kier molecular flexibility index (Phi) is 3.88. The Hall–Kier alpha value is -1.96. The fourth-order valence-corrected chi connectivity index (χ4v) is 2.30. The fourth-order valence-electron chi connectivity index (χ4n) is 1.45. The number of aromatic nitrogens is 4. The Bertz CT molecular complexity index is 537. The normalized spacial score (nSPS) is 10.5. The quantitative estimate of drug-likeness (QED) is 0.848. The fraction of sp³-hybridized carbons (Fsp3) is 0.400. The number of methoxy groups -OCH3 is 1. The highest BCUT2D eigenvalue weighted by atomic mass is 32.1. The van der Waals surface area contributed by atoms with Crippen molar-refractivity contribution in [3.8, 4) is 16.5 Å². The average Bonchev–Trinajstić information content (AvgIpc) is 2.95. The molecule has 0 amide bonds. The van der Waals surface area contributed by atoms with E-state index in [4.69, 9.17) is 9.84 Å². The van der Waals surface area contributed by atoms with Gasteiger partial charge in [-0.1, -0.05) is 0 Å². The van der Waals surface area contributed by atoms with Crippen molar-refractivity contribution in [3.05, 3.63) is 11.4 Å². The minimum Gasteiger partial charge on any atom is -0.496 e. The molecule has 2 heterocycles. The molecule has 7 nitrogen and oxygen atoms in total. The first-order chi connectivity index (χ1) is 8.70. The van der Waals surface area contributed by atoms with Gasteiger partial charge < -0.3 is 9.84 Å². The summed E-state index contributed by atoms with van der Waals surface area (Å²) >= 11 is 1.48. The smallest absolute Gasteiger partial charge is 0.303 e. The molecule has 0 aliphatic rings. The van der Waals surface area contributed by atoms with Crippen LogP contribution < -0.4 is 4.74 Å². The van der Waals surface area contributed by atoms with Crippen molar-refractivity contribution < 1.29 is 14.6 Å². The van der Waals surface area contributed by atoms with Gasteiger partial charge in [-0.3, -0.25) is 4.79 Å². The average molecular weight is 268 g/mol. The van der Waals surface area contributed by atoms with Gasteiger partial charge >= 0.3 is 5.97 Å². The summed E-state index contributed by atoms with van der Waals surface area (Å²) in [5.74, 6) is 0.575. The van der Waals surface area contributed by atoms with Gasteiger partial charge in [0.1, 0.15) is 5.75 Å². The second kappa shape index (κ2) is 5.58.